The van der Waals surface area contributed by atoms with Crippen LogP contribution in [0.3, 0.4) is 0 Å². The summed E-state index contributed by atoms with van der Waals surface area (Å²) in [4.78, 5) is 26.3. The van der Waals surface area contributed by atoms with Crippen LogP contribution in [0.2, 0.25) is 0 Å². The molecule has 0 aromatic carbocycles. The van der Waals surface area contributed by atoms with Crippen LogP contribution in [-0.4, -0.2) is 16.8 Å². The van der Waals surface area contributed by atoms with E-state index in [2.05, 4.69) is 10.3 Å². The van der Waals surface area contributed by atoms with Crippen LogP contribution in [0, 0.1) is 0 Å². The number of carbonyl (C=O) groups excluding carboxylic acids is 2. The van der Waals surface area contributed by atoms with Crippen molar-refractivity contribution in [3.63, 3.8) is 0 Å². The zero-order valence-corrected chi connectivity index (χ0v) is 7.56. The Labute approximate surface area is 81.3 Å². The number of rotatable bonds is 1. The number of piperidine rings is 1. The van der Waals surface area contributed by atoms with E-state index in [0.717, 1.165) is 5.69 Å². The molecule has 0 aliphatic carbocycles. The van der Waals surface area contributed by atoms with Crippen LogP contribution in [0.1, 0.15) is 24.5 Å². The molecule has 4 heteroatoms. The number of imide groups is 1. The van der Waals surface area contributed by atoms with Gasteiger partial charge in [0.05, 0.1) is 0 Å². The van der Waals surface area contributed by atoms with Gasteiger partial charge < -0.3 is 0 Å². The normalized spacial score (nSPS) is 18.0. The maximum atomic E-state index is 11.1. The van der Waals surface area contributed by atoms with Gasteiger partial charge in [0.15, 0.2) is 0 Å². The molecule has 0 unspecified atom stereocenters. The summed E-state index contributed by atoms with van der Waals surface area (Å²) in [5.41, 5.74) is 0.815. The second-order valence-electron chi connectivity index (χ2n) is 3.33. The largest absolute Gasteiger partial charge is 0.296 e. The van der Waals surface area contributed by atoms with Crippen molar-refractivity contribution in [1.82, 2.24) is 10.3 Å². The first-order valence-corrected chi connectivity index (χ1v) is 4.49. The van der Waals surface area contributed by atoms with E-state index in [0.29, 0.717) is 12.8 Å². The van der Waals surface area contributed by atoms with Gasteiger partial charge in [-0.05, 0) is 12.1 Å². The molecular formula is C10H10N2O2. The maximum Gasteiger partial charge on any atom is 0.227 e. The Morgan fingerprint density at radius 2 is 1.93 bits per heavy atom. The number of aromatic nitrogens is 1. The standard InChI is InChI=1S/C10H10N2O2/c13-9-5-7(6-10(14)12-9)8-3-1-2-4-11-8/h1-4,7H,5-6H2,(H,12,13,14). The van der Waals surface area contributed by atoms with Crippen molar-refractivity contribution < 1.29 is 9.59 Å². The van der Waals surface area contributed by atoms with Gasteiger partial charge in [-0.2, -0.15) is 0 Å². The lowest BCUT2D eigenvalue weighted by Gasteiger charge is -2.19. The molecule has 2 amide bonds. The van der Waals surface area contributed by atoms with Crippen LogP contribution in [-0.2, 0) is 9.59 Å². The Kier molecular flexibility index (Phi) is 2.26. The summed E-state index contributed by atoms with van der Waals surface area (Å²) in [6.45, 7) is 0. The zero-order chi connectivity index (χ0) is 9.97. The van der Waals surface area contributed by atoms with Crippen molar-refractivity contribution in [3.05, 3.63) is 30.1 Å². The highest BCUT2D eigenvalue weighted by Crippen LogP contribution is 2.23. The summed E-state index contributed by atoms with van der Waals surface area (Å²) in [7, 11) is 0. The maximum absolute atomic E-state index is 11.1. The number of hydrogen-bond acceptors (Lipinski definition) is 3. The molecule has 1 N–H and O–H groups in total. The highest BCUT2D eigenvalue weighted by atomic mass is 16.2. The van der Waals surface area contributed by atoms with E-state index in [4.69, 9.17) is 0 Å². The lowest BCUT2D eigenvalue weighted by molar-refractivity contribution is -0.133. The highest BCUT2D eigenvalue weighted by molar-refractivity contribution is 5.98. The Hall–Kier alpha value is -1.71. The minimum Gasteiger partial charge on any atom is -0.296 e. The summed E-state index contributed by atoms with van der Waals surface area (Å²) in [6.07, 6.45) is 2.37. The van der Waals surface area contributed by atoms with Gasteiger partial charge in [0.1, 0.15) is 0 Å². The first kappa shape index (κ1) is 8.87. The van der Waals surface area contributed by atoms with Crippen LogP contribution in [0.15, 0.2) is 24.4 Å². The summed E-state index contributed by atoms with van der Waals surface area (Å²) in [6, 6.07) is 5.52. The van der Waals surface area contributed by atoms with Gasteiger partial charge in [0.25, 0.3) is 0 Å². The average Bonchev–Trinajstić information content (AvgIpc) is 2.18. The van der Waals surface area contributed by atoms with Crippen LogP contribution in [0.5, 0.6) is 0 Å². The summed E-state index contributed by atoms with van der Waals surface area (Å²) in [5.74, 6) is -0.480. The Balaban J connectivity index is 2.19. The predicted molar refractivity (Wildman–Crippen MR) is 49.4 cm³/mol. The third-order valence-corrected chi connectivity index (χ3v) is 2.25. The molecule has 0 saturated carbocycles. The van der Waals surface area contributed by atoms with Gasteiger partial charge in [-0.1, -0.05) is 6.07 Å². The van der Waals surface area contributed by atoms with E-state index in [9.17, 15) is 9.59 Å². The molecule has 0 atom stereocenters. The van der Waals surface area contributed by atoms with Crippen LogP contribution in [0.25, 0.3) is 0 Å². The molecule has 0 bridgehead atoms. The number of nitrogens with one attached hydrogen (secondary N) is 1. The molecule has 2 heterocycles. The molecule has 4 nitrogen and oxygen atoms in total. The Morgan fingerprint density at radius 3 is 2.50 bits per heavy atom. The summed E-state index contributed by atoms with van der Waals surface area (Å²) < 4.78 is 0. The minimum absolute atomic E-state index is 0.0579. The number of nitrogens with zero attached hydrogens (tertiary/aromatic N) is 1. The number of carbonyl (C=O) groups is 2. The molecule has 1 aliphatic rings. The molecule has 1 saturated heterocycles. The van der Waals surface area contributed by atoms with E-state index in [1.54, 1.807) is 6.20 Å². The van der Waals surface area contributed by atoms with Gasteiger partial charge in [0.2, 0.25) is 11.8 Å². The van der Waals surface area contributed by atoms with Crippen molar-refractivity contribution in [2.75, 3.05) is 0 Å². The SMILES string of the molecule is O=C1CC(c2ccccn2)CC(=O)N1. The fraction of sp³-hybridized carbons (Fsp3) is 0.300. The van der Waals surface area contributed by atoms with Crippen molar-refractivity contribution in [3.8, 4) is 0 Å². The second-order valence-corrected chi connectivity index (χ2v) is 3.33. The van der Waals surface area contributed by atoms with Crippen molar-refractivity contribution in [2.45, 2.75) is 18.8 Å². The second kappa shape index (κ2) is 3.57. The third-order valence-electron chi connectivity index (χ3n) is 2.25. The molecular weight excluding hydrogens is 180 g/mol. The van der Waals surface area contributed by atoms with Crippen LogP contribution in [0.4, 0.5) is 0 Å². The molecule has 1 aromatic rings. The number of hydrogen-bond donors (Lipinski definition) is 1. The van der Waals surface area contributed by atoms with Crippen molar-refractivity contribution in [2.24, 2.45) is 0 Å². The van der Waals surface area contributed by atoms with Gasteiger partial charge in [-0.3, -0.25) is 19.9 Å². The molecule has 72 valence electrons. The van der Waals surface area contributed by atoms with Crippen LogP contribution >= 0.6 is 0 Å². The van der Waals surface area contributed by atoms with Gasteiger partial charge >= 0.3 is 0 Å². The fourth-order valence-electron chi connectivity index (χ4n) is 1.60. The van der Waals surface area contributed by atoms with E-state index in [-0.39, 0.29) is 17.7 Å². The van der Waals surface area contributed by atoms with E-state index < -0.39 is 0 Å². The quantitative estimate of drug-likeness (QED) is 0.660. The molecule has 2 rings (SSSR count). The zero-order valence-electron chi connectivity index (χ0n) is 7.56. The molecule has 0 radical (unpaired) electrons. The molecule has 14 heavy (non-hydrogen) atoms. The van der Waals surface area contributed by atoms with Gasteiger partial charge in [-0.15, -0.1) is 0 Å². The first-order valence-electron chi connectivity index (χ1n) is 4.49. The minimum atomic E-state index is -0.211. The van der Waals surface area contributed by atoms with Crippen molar-refractivity contribution in [1.29, 1.82) is 0 Å². The molecule has 0 spiro atoms. The fourth-order valence-corrected chi connectivity index (χ4v) is 1.60. The predicted octanol–water partition coefficient (Wildman–Crippen LogP) is 0.602. The number of pyridine rings is 1. The van der Waals surface area contributed by atoms with Gasteiger partial charge in [0, 0.05) is 30.7 Å². The van der Waals surface area contributed by atoms with E-state index in [1.807, 2.05) is 18.2 Å². The summed E-state index contributed by atoms with van der Waals surface area (Å²) in [5, 5.41) is 2.27. The van der Waals surface area contributed by atoms with E-state index >= 15 is 0 Å². The van der Waals surface area contributed by atoms with Gasteiger partial charge in [-0.25, -0.2) is 0 Å². The monoisotopic (exact) mass is 190 g/mol. The Morgan fingerprint density at radius 1 is 1.21 bits per heavy atom. The van der Waals surface area contributed by atoms with Crippen LogP contribution < -0.4 is 5.32 Å². The molecule has 1 fully saturated rings. The molecule has 1 aromatic heterocycles. The molecule has 1 aliphatic heterocycles. The summed E-state index contributed by atoms with van der Waals surface area (Å²) >= 11 is 0. The van der Waals surface area contributed by atoms with Crippen molar-refractivity contribution >= 4 is 11.8 Å². The lowest BCUT2D eigenvalue weighted by atomic mass is 9.93. The average molecular weight is 190 g/mol. The Bertz CT molecular complexity index is 346. The smallest absolute Gasteiger partial charge is 0.227 e. The van der Waals surface area contributed by atoms with E-state index in [1.165, 1.54) is 0 Å². The highest BCUT2D eigenvalue weighted by Gasteiger charge is 2.26. The third kappa shape index (κ3) is 1.79. The number of amides is 2. The topological polar surface area (TPSA) is 59.1 Å². The first-order chi connectivity index (χ1) is 6.75. The lowest BCUT2D eigenvalue weighted by Crippen LogP contribution is -2.37.